The van der Waals surface area contributed by atoms with Crippen LogP contribution in [0, 0.1) is 6.92 Å². The summed E-state index contributed by atoms with van der Waals surface area (Å²) < 4.78 is 5.14. The topological polar surface area (TPSA) is 71.3 Å². The van der Waals surface area contributed by atoms with E-state index in [0.29, 0.717) is 22.7 Å². The zero-order valence-electron chi connectivity index (χ0n) is 14.2. The maximum Gasteiger partial charge on any atom is 0.257 e. The third-order valence-electron chi connectivity index (χ3n) is 3.65. The van der Waals surface area contributed by atoms with Crippen LogP contribution in [0.15, 0.2) is 77.4 Å². The van der Waals surface area contributed by atoms with Gasteiger partial charge < -0.3 is 15.1 Å². The highest BCUT2D eigenvalue weighted by molar-refractivity contribution is 6.11. The first-order chi connectivity index (χ1) is 12.6. The van der Waals surface area contributed by atoms with Crippen molar-refractivity contribution in [3.8, 4) is 0 Å². The molecule has 0 saturated heterocycles. The molecule has 130 valence electrons. The van der Waals surface area contributed by atoms with Crippen LogP contribution >= 0.6 is 0 Å². The Labute approximate surface area is 151 Å². The summed E-state index contributed by atoms with van der Waals surface area (Å²) in [7, 11) is 0. The van der Waals surface area contributed by atoms with E-state index in [-0.39, 0.29) is 11.8 Å². The van der Waals surface area contributed by atoms with E-state index < -0.39 is 0 Å². The molecule has 0 aliphatic rings. The number of carbonyl (C=O) groups excluding carboxylic acids is 2. The van der Waals surface area contributed by atoms with Crippen LogP contribution in [0.4, 0.5) is 11.4 Å². The standard InChI is InChI=1S/C21H18N2O3/c1-15-6-4-7-16(14-15)22-21(25)18-9-2-3-10-19(18)23-20(24)12-11-17-8-5-13-26-17/h2-14H,1H3,(H,22,25)(H,23,24)/b12-11+. The molecule has 26 heavy (non-hydrogen) atoms. The normalized spacial score (nSPS) is 10.7. The Hall–Kier alpha value is -3.60. The smallest absolute Gasteiger partial charge is 0.257 e. The first-order valence-electron chi connectivity index (χ1n) is 8.11. The van der Waals surface area contributed by atoms with Crippen LogP contribution in [0.3, 0.4) is 0 Å². The summed E-state index contributed by atoms with van der Waals surface area (Å²) in [6, 6.07) is 17.9. The van der Waals surface area contributed by atoms with Gasteiger partial charge in [0.25, 0.3) is 5.91 Å². The Bertz CT molecular complexity index is 943. The lowest BCUT2D eigenvalue weighted by atomic mass is 10.1. The van der Waals surface area contributed by atoms with Crippen LogP contribution in [0.25, 0.3) is 6.08 Å². The van der Waals surface area contributed by atoms with Gasteiger partial charge in [0.1, 0.15) is 5.76 Å². The number of rotatable bonds is 5. The summed E-state index contributed by atoms with van der Waals surface area (Å²) in [6.07, 6.45) is 4.45. The molecular weight excluding hydrogens is 328 g/mol. The van der Waals surface area contributed by atoms with E-state index in [9.17, 15) is 9.59 Å². The van der Waals surface area contributed by atoms with E-state index in [2.05, 4.69) is 10.6 Å². The lowest BCUT2D eigenvalue weighted by molar-refractivity contribution is -0.111. The maximum atomic E-state index is 12.6. The molecule has 1 heterocycles. The minimum Gasteiger partial charge on any atom is -0.465 e. The number of hydrogen-bond donors (Lipinski definition) is 2. The van der Waals surface area contributed by atoms with Gasteiger partial charge in [0.05, 0.1) is 17.5 Å². The lowest BCUT2D eigenvalue weighted by Crippen LogP contribution is -2.17. The van der Waals surface area contributed by atoms with Crippen molar-refractivity contribution in [1.82, 2.24) is 0 Å². The average molecular weight is 346 g/mol. The number of amides is 2. The number of aryl methyl sites for hydroxylation is 1. The van der Waals surface area contributed by atoms with Crippen molar-refractivity contribution in [2.45, 2.75) is 6.92 Å². The van der Waals surface area contributed by atoms with Gasteiger partial charge >= 0.3 is 0 Å². The van der Waals surface area contributed by atoms with Crippen LogP contribution in [-0.2, 0) is 4.79 Å². The lowest BCUT2D eigenvalue weighted by Gasteiger charge is -2.11. The number of anilines is 2. The SMILES string of the molecule is Cc1cccc(NC(=O)c2ccccc2NC(=O)/C=C/c2ccco2)c1. The zero-order valence-corrected chi connectivity index (χ0v) is 14.2. The number of furan rings is 1. The molecule has 3 aromatic rings. The van der Waals surface area contributed by atoms with Crippen molar-refractivity contribution in [3.63, 3.8) is 0 Å². The van der Waals surface area contributed by atoms with Gasteiger partial charge in [0, 0.05) is 11.8 Å². The minimum absolute atomic E-state index is 0.290. The zero-order chi connectivity index (χ0) is 18.4. The van der Waals surface area contributed by atoms with E-state index in [1.807, 2.05) is 31.2 Å². The van der Waals surface area contributed by atoms with E-state index in [1.165, 1.54) is 12.3 Å². The molecule has 0 unspecified atom stereocenters. The average Bonchev–Trinajstić information content (AvgIpc) is 3.14. The minimum atomic E-state index is -0.350. The number of hydrogen-bond acceptors (Lipinski definition) is 3. The molecule has 0 radical (unpaired) electrons. The van der Waals surface area contributed by atoms with Crippen LogP contribution in [0.2, 0.25) is 0 Å². The summed E-state index contributed by atoms with van der Waals surface area (Å²) >= 11 is 0. The van der Waals surface area contributed by atoms with Gasteiger partial charge in [-0.15, -0.1) is 0 Å². The van der Waals surface area contributed by atoms with Crippen LogP contribution in [-0.4, -0.2) is 11.8 Å². The van der Waals surface area contributed by atoms with E-state index in [0.717, 1.165) is 5.56 Å². The van der Waals surface area contributed by atoms with E-state index in [4.69, 9.17) is 4.42 Å². The van der Waals surface area contributed by atoms with E-state index in [1.54, 1.807) is 42.5 Å². The maximum absolute atomic E-state index is 12.6. The summed E-state index contributed by atoms with van der Waals surface area (Å²) in [5.41, 5.74) is 2.57. The highest BCUT2D eigenvalue weighted by Crippen LogP contribution is 2.18. The molecule has 0 saturated carbocycles. The first-order valence-corrected chi connectivity index (χ1v) is 8.11. The largest absolute Gasteiger partial charge is 0.465 e. The number of benzene rings is 2. The molecule has 0 aliphatic carbocycles. The van der Waals surface area contributed by atoms with Gasteiger partial charge in [-0.05, 0) is 55.0 Å². The molecule has 3 rings (SSSR count). The van der Waals surface area contributed by atoms with Gasteiger partial charge in [-0.3, -0.25) is 9.59 Å². The van der Waals surface area contributed by atoms with Crippen molar-refractivity contribution in [2.75, 3.05) is 10.6 Å². The Morgan fingerprint density at radius 1 is 0.962 bits per heavy atom. The molecule has 0 spiro atoms. The highest BCUT2D eigenvalue weighted by atomic mass is 16.3. The Morgan fingerprint density at radius 2 is 1.81 bits per heavy atom. The molecular formula is C21H18N2O3. The summed E-state index contributed by atoms with van der Waals surface area (Å²) in [5.74, 6) is -0.0654. The molecule has 0 bridgehead atoms. The summed E-state index contributed by atoms with van der Waals surface area (Å²) in [6.45, 7) is 1.95. The Morgan fingerprint density at radius 3 is 2.58 bits per heavy atom. The first kappa shape index (κ1) is 17.2. The predicted octanol–water partition coefficient (Wildman–Crippen LogP) is 4.49. The van der Waals surface area contributed by atoms with Gasteiger partial charge in [-0.2, -0.15) is 0 Å². The molecule has 2 amide bonds. The Kier molecular flexibility index (Phi) is 5.29. The van der Waals surface area contributed by atoms with Gasteiger partial charge in [-0.25, -0.2) is 0 Å². The summed E-state index contributed by atoms with van der Waals surface area (Å²) in [5, 5.41) is 5.57. The fourth-order valence-corrected chi connectivity index (χ4v) is 2.43. The molecule has 0 aliphatic heterocycles. The van der Waals surface area contributed by atoms with Gasteiger partial charge in [0.15, 0.2) is 0 Å². The van der Waals surface area contributed by atoms with Crippen LogP contribution < -0.4 is 10.6 Å². The highest BCUT2D eigenvalue weighted by Gasteiger charge is 2.12. The van der Waals surface area contributed by atoms with Gasteiger partial charge in [-0.1, -0.05) is 24.3 Å². The van der Waals surface area contributed by atoms with Gasteiger partial charge in [0.2, 0.25) is 5.91 Å². The number of carbonyl (C=O) groups is 2. The molecule has 2 N–H and O–H groups in total. The third-order valence-corrected chi connectivity index (χ3v) is 3.65. The van der Waals surface area contributed by atoms with Crippen molar-refractivity contribution >= 4 is 29.3 Å². The van der Waals surface area contributed by atoms with Crippen molar-refractivity contribution in [1.29, 1.82) is 0 Å². The van der Waals surface area contributed by atoms with Crippen LogP contribution in [0.1, 0.15) is 21.7 Å². The quantitative estimate of drug-likeness (QED) is 0.669. The molecule has 1 aromatic heterocycles. The summed E-state index contributed by atoms with van der Waals surface area (Å²) in [4.78, 5) is 24.7. The van der Waals surface area contributed by atoms with Crippen molar-refractivity contribution < 1.29 is 14.0 Å². The molecule has 0 fully saturated rings. The fourth-order valence-electron chi connectivity index (χ4n) is 2.43. The Balaban J connectivity index is 1.73. The molecule has 2 aromatic carbocycles. The number of nitrogens with one attached hydrogen (secondary N) is 2. The molecule has 0 atom stereocenters. The second-order valence-corrected chi connectivity index (χ2v) is 5.71. The molecule has 5 nitrogen and oxygen atoms in total. The second kappa shape index (κ2) is 7.98. The second-order valence-electron chi connectivity index (χ2n) is 5.71. The van der Waals surface area contributed by atoms with Crippen molar-refractivity contribution in [3.05, 3.63) is 89.9 Å². The monoisotopic (exact) mass is 346 g/mol. The predicted molar refractivity (Wildman–Crippen MR) is 102 cm³/mol. The number of para-hydroxylation sites is 1. The third kappa shape index (κ3) is 4.48. The van der Waals surface area contributed by atoms with Crippen molar-refractivity contribution in [2.24, 2.45) is 0 Å². The van der Waals surface area contributed by atoms with E-state index >= 15 is 0 Å². The molecule has 5 heteroatoms. The fraction of sp³-hybridized carbons (Fsp3) is 0.0476. The van der Waals surface area contributed by atoms with Crippen LogP contribution in [0.5, 0.6) is 0 Å².